The minimum Gasteiger partial charge on any atom is -0.493 e. The molecule has 2 aromatic carbocycles. The molecule has 0 N–H and O–H groups in total. The van der Waals surface area contributed by atoms with Crippen LogP contribution in [0.2, 0.25) is 5.02 Å². The van der Waals surface area contributed by atoms with Crippen molar-refractivity contribution in [2.45, 2.75) is 4.90 Å². The Balaban J connectivity index is 2.01. The molecule has 4 nitrogen and oxygen atoms in total. The number of ether oxygens (including phenoxy) is 2. The van der Waals surface area contributed by atoms with Crippen molar-refractivity contribution in [3.8, 4) is 17.6 Å². The van der Waals surface area contributed by atoms with Crippen LogP contribution in [0.4, 0.5) is 0 Å². The summed E-state index contributed by atoms with van der Waals surface area (Å²) < 4.78 is 10.4. The van der Waals surface area contributed by atoms with E-state index in [1.807, 2.05) is 24.3 Å². The van der Waals surface area contributed by atoms with E-state index >= 15 is 0 Å². The predicted octanol–water partition coefficient (Wildman–Crippen LogP) is 3.92. The fraction of sp³-hybridized carbons (Fsp3) is 0.125. The van der Waals surface area contributed by atoms with E-state index < -0.39 is 5.97 Å². The van der Waals surface area contributed by atoms with Gasteiger partial charge in [0.1, 0.15) is 0 Å². The molecule has 0 heterocycles. The van der Waals surface area contributed by atoms with Gasteiger partial charge in [0.2, 0.25) is 0 Å². The Hall–Kier alpha value is -2.16. The molecular formula is C16H12ClNO3S. The van der Waals surface area contributed by atoms with Gasteiger partial charge in [-0.2, -0.15) is 5.26 Å². The van der Waals surface area contributed by atoms with Crippen molar-refractivity contribution in [2.75, 3.05) is 12.9 Å². The normalized spacial score (nSPS) is 9.86. The van der Waals surface area contributed by atoms with Gasteiger partial charge in [0.05, 0.1) is 29.5 Å². The molecule has 0 saturated carbocycles. The topological polar surface area (TPSA) is 59.3 Å². The Bertz CT molecular complexity index is 728. The van der Waals surface area contributed by atoms with Gasteiger partial charge in [-0.1, -0.05) is 23.7 Å². The number of hydrogen-bond donors (Lipinski definition) is 0. The quantitative estimate of drug-likeness (QED) is 0.471. The zero-order chi connectivity index (χ0) is 15.9. The Kier molecular flexibility index (Phi) is 5.70. The Labute approximate surface area is 137 Å². The largest absolute Gasteiger partial charge is 0.493 e. The summed E-state index contributed by atoms with van der Waals surface area (Å²) >= 11 is 7.32. The highest BCUT2D eigenvalue weighted by Gasteiger charge is 2.12. The fourth-order valence-electron chi connectivity index (χ4n) is 1.67. The van der Waals surface area contributed by atoms with E-state index in [1.54, 1.807) is 12.1 Å². The van der Waals surface area contributed by atoms with Gasteiger partial charge in [0, 0.05) is 11.0 Å². The maximum atomic E-state index is 11.9. The van der Waals surface area contributed by atoms with Crippen molar-refractivity contribution in [1.29, 1.82) is 5.26 Å². The third-order valence-electron chi connectivity index (χ3n) is 2.70. The molecule has 0 radical (unpaired) electrons. The summed E-state index contributed by atoms with van der Waals surface area (Å²) in [7, 11) is 1.45. The van der Waals surface area contributed by atoms with Crippen molar-refractivity contribution < 1.29 is 14.3 Å². The Morgan fingerprint density at radius 2 is 2.05 bits per heavy atom. The van der Waals surface area contributed by atoms with Crippen molar-refractivity contribution in [3.63, 3.8) is 0 Å². The minimum atomic E-state index is -0.423. The lowest BCUT2D eigenvalue weighted by atomic mass is 10.2. The number of halogens is 1. The SMILES string of the molecule is COc1cc(C#N)ccc1OC(=O)CSc1ccccc1Cl. The summed E-state index contributed by atoms with van der Waals surface area (Å²) in [5.74, 6) is 0.321. The number of esters is 1. The van der Waals surface area contributed by atoms with Gasteiger partial charge in [0.25, 0.3) is 0 Å². The fourth-order valence-corrected chi connectivity index (χ4v) is 2.68. The summed E-state index contributed by atoms with van der Waals surface area (Å²) in [6.07, 6.45) is 0. The van der Waals surface area contributed by atoms with E-state index in [4.69, 9.17) is 26.3 Å². The van der Waals surface area contributed by atoms with Crippen LogP contribution < -0.4 is 9.47 Å². The van der Waals surface area contributed by atoms with Crippen LogP contribution in [0.15, 0.2) is 47.4 Å². The maximum Gasteiger partial charge on any atom is 0.321 e. The van der Waals surface area contributed by atoms with Crippen LogP contribution in [0.5, 0.6) is 11.5 Å². The van der Waals surface area contributed by atoms with E-state index in [-0.39, 0.29) is 11.5 Å². The number of benzene rings is 2. The first-order chi connectivity index (χ1) is 10.6. The molecule has 0 bridgehead atoms. The summed E-state index contributed by atoms with van der Waals surface area (Å²) in [6.45, 7) is 0. The van der Waals surface area contributed by atoms with E-state index in [9.17, 15) is 4.79 Å². The molecule has 0 saturated heterocycles. The number of methoxy groups -OCH3 is 1. The molecule has 0 aromatic heterocycles. The first kappa shape index (κ1) is 16.2. The van der Waals surface area contributed by atoms with Crippen LogP contribution >= 0.6 is 23.4 Å². The molecule has 2 rings (SSSR count). The van der Waals surface area contributed by atoms with Crippen LogP contribution in [-0.4, -0.2) is 18.8 Å². The average Bonchev–Trinajstić information content (AvgIpc) is 2.54. The second kappa shape index (κ2) is 7.74. The average molecular weight is 334 g/mol. The second-order valence-electron chi connectivity index (χ2n) is 4.17. The molecular weight excluding hydrogens is 322 g/mol. The number of thioether (sulfide) groups is 1. The monoisotopic (exact) mass is 333 g/mol. The zero-order valence-corrected chi connectivity index (χ0v) is 13.3. The van der Waals surface area contributed by atoms with Gasteiger partial charge >= 0.3 is 5.97 Å². The molecule has 0 atom stereocenters. The first-order valence-electron chi connectivity index (χ1n) is 6.30. The number of rotatable bonds is 5. The molecule has 6 heteroatoms. The highest BCUT2D eigenvalue weighted by molar-refractivity contribution is 8.00. The summed E-state index contributed by atoms with van der Waals surface area (Å²) in [5, 5.41) is 9.43. The third-order valence-corrected chi connectivity index (χ3v) is 4.19. The van der Waals surface area contributed by atoms with Crippen molar-refractivity contribution in [3.05, 3.63) is 53.1 Å². The predicted molar refractivity (Wildman–Crippen MR) is 85.5 cm³/mol. The molecule has 0 fully saturated rings. The Morgan fingerprint density at radius 1 is 1.27 bits per heavy atom. The zero-order valence-electron chi connectivity index (χ0n) is 11.7. The van der Waals surface area contributed by atoms with E-state index in [2.05, 4.69) is 0 Å². The maximum absolute atomic E-state index is 11.9. The highest BCUT2D eigenvalue weighted by atomic mass is 35.5. The summed E-state index contributed by atoms with van der Waals surface area (Å²) in [4.78, 5) is 12.7. The molecule has 0 aliphatic heterocycles. The highest BCUT2D eigenvalue weighted by Crippen LogP contribution is 2.30. The van der Waals surface area contributed by atoms with Crippen LogP contribution in [0, 0.1) is 11.3 Å². The third kappa shape index (κ3) is 4.17. The van der Waals surface area contributed by atoms with Gasteiger partial charge < -0.3 is 9.47 Å². The van der Waals surface area contributed by atoms with Crippen molar-refractivity contribution >= 4 is 29.3 Å². The van der Waals surface area contributed by atoms with Gasteiger partial charge in [-0.05, 0) is 24.3 Å². The van der Waals surface area contributed by atoms with E-state index in [1.165, 1.54) is 31.0 Å². The van der Waals surface area contributed by atoms with Gasteiger partial charge in [0.15, 0.2) is 11.5 Å². The van der Waals surface area contributed by atoms with E-state index in [0.717, 1.165) is 4.90 Å². The molecule has 112 valence electrons. The van der Waals surface area contributed by atoms with Crippen LogP contribution in [0.1, 0.15) is 5.56 Å². The van der Waals surface area contributed by atoms with Crippen molar-refractivity contribution in [2.24, 2.45) is 0 Å². The number of hydrogen-bond acceptors (Lipinski definition) is 5. The number of nitriles is 1. The Morgan fingerprint density at radius 3 is 2.73 bits per heavy atom. The van der Waals surface area contributed by atoms with E-state index in [0.29, 0.717) is 16.3 Å². The van der Waals surface area contributed by atoms with Gasteiger partial charge in [-0.25, -0.2) is 0 Å². The molecule has 0 aliphatic carbocycles. The molecule has 0 spiro atoms. The number of nitrogens with zero attached hydrogens (tertiary/aromatic N) is 1. The minimum absolute atomic E-state index is 0.118. The number of carbonyl (C=O) groups excluding carboxylic acids is 1. The lowest BCUT2D eigenvalue weighted by Gasteiger charge is -2.09. The lowest BCUT2D eigenvalue weighted by molar-refractivity contribution is -0.131. The van der Waals surface area contributed by atoms with Crippen LogP contribution in [-0.2, 0) is 4.79 Å². The molecule has 0 amide bonds. The van der Waals surface area contributed by atoms with Crippen molar-refractivity contribution in [1.82, 2.24) is 0 Å². The summed E-state index contributed by atoms with van der Waals surface area (Å²) in [5.41, 5.74) is 0.432. The van der Waals surface area contributed by atoms with Gasteiger partial charge in [-0.15, -0.1) is 11.8 Å². The lowest BCUT2D eigenvalue weighted by Crippen LogP contribution is -2.11. The first-order valence-corrected chi connectivity index (χ1v) is 7.66. The van der Waals surface area contributed by atoms with Crippen LogP contribution in [0.25, 0.3) is 0 Å². The molecule has 2 aromatic rings. The number of carbonyl (C=O) groups is 1. The molecule has 0 aliphatic rings. The van der Waals surface area contributed by atoms with Crippen LogP contribution in [0.3, 0.4) is 0 Å². The standard InChI is InChI=1S/C16H12ClNO3S/c1-20-14-8-11(9-18)6-7-13(14)21-16(19)10-22-15-5-3-2-4-12(15)17/h2-8H,10H2,1H3. The smallest absolute Gasteiger partial charge is 0.321 e. The molecule has 22 heavy (non-hydrogen) atoms. The second-order valence-corrected chi connectivity index (χ2v) is 5.59. The molecule has 0 unspecified atom stereocenters. The summed E-state index contributed by atoms with van der Waals surface area (Å²) in [6, 6.07) is 13.9. The van der Waals surface area contributed by atoms with Gasteiger partial charge in [-0.3, -0.25) is 4.79 Å².